The van der Waals surface area contributed by atoms with Crippen LogP contribution in [0.2, 0.25) is 0 Å². The fraction of sp³-hybridized carbons (Fsp3) is 0.208. The highest BCUT2D eigenvalue weighted by Gasteiger charge is 2.33. The summed E-state index contributed by atoms with van der Waals surface area (Å²) in [7, 11) is 1.50. The Kier molecular flexibility index (Phi) is 6.53. The Balaban J connectivity index is 1.82. The van der Waals surface area contributed by atoms with Gasteiger partial charge in [0.1, 0.15) is 18.1 Å². The van der Waals surface area contributed by atoms with Gasteiger partial charge in [0, 0.05) is 11.1 Å². The molecule has 0 spiro atoms. The van der Waals surface area contributed by atoms with Crippen LogP contribution in [0.3, 0.4) is 0 Å². The molecule has 1 N–H and O–H groups in total. The summed E-state index contributed by atoms with van der Waals surface area (Å²) < 4.78 is 50.8. The van der Waals surface area contributed by atoms with Gasteiger partial charge in [-0.05, 0) is 67.4 Å². The quantitative estimate of drug-likeness (QED) is 0.510. The number of halogens is 3. The Morgan fingerprint density at radius 1 is 0.968 bits per heavy atom. The van der Waals surface area contributed by atoms with Crippen molar-refractivity contribution in [3.8, 4) is 11.5 Å². The molecule has 0 aliphatic rings. The van der Waals surface area contributed by atoms with Gasteiger partial charge < -0.3 is 14.8 Å². The van der Waals surface area contributed by atoms with E-state index in [1.165, 1.54) is 31.4 Å². The van der Waals surface area contributed by atoms with Crippen LogP contribution >= 0.6 is 0 Å². The molecule has 0 radical (unpaired) electrons. The van der Waals surface area contributed by atoms with Crippen LogP contribution in [-0.4, -0.2) is 13.0 Å². The van der Waals surface area contributed by atoms with Crippen LogP contribution in [0.15, 0.2) is 60.7 Å². The number of nitrogens with one attached hydrogen (secondary N) is 1. The predicted octanol–water partition coefficient (Wildman–Crippen LogP) is 6.16. The summed E-state index contributed by atoms with van der Waals surface area (Å²) in [6, 6.07) is 15.3. The number of carbonyl (C=O) groups excluding carboxylic acids is 1. The van der Waals surface area contributed by atoms with Crippen molar-refractivity contribution in [2.24, 2.45) is 0 Å². The van der Waals surface area contributed by atoms with E-state index in [1.807, 2.05) is 32.0 Å². The van der Waals surface area contributed by atoms with E-state index >= 15 is 0 Å². The third kappa shape index (κ3) is 5.57. The number of rotatable bonds is 6. The SMILES string of the molecule is COc1ccc(C(=O)Nc2ccccc2C(F)(F)F)cc1COc1cc(C)cc(C)c1. The summed E-state index contributed by atoms with van der Waals surface area (Å²) in [6.07, 6.45) is -4.57. The van der Waals surface area contributed by atoms with Crippen LogP contribution < -0.4 is 14.8 Å². The van der Waals surface area contributed by atoms with Crippen molar-refractivity contribution in [2.75, 3.05) is 12.4 Å². The number of amides is 1. The van der Waals surface area contributed by atoms with E-state index in [0.29, 0.717) is 17.1 Å². The second-order valence-electron chi connectivity index (χ2n) is 7.14. The van der Waals surface area contributed by atoms with Gasteiger partial charge in [-0.1, -0.05) is 18.2 Å². The molecule has 162 valence electrons. The molecule has 1 amide bonds. The standard InChI is InChI=1S/C24H22F3NO3/c1-15-10-16(2)12-19(11-15)31-14-18-13-17(8-9-22(18)30-3)23(29)28-21-7-5-4-6-20(21)24(25,26)27/h4-13H,14H2,1-3H3,(H,28,29). The molecular weight excluding hydrogens is 407 g/mol. The second-order valence-corrected chi connectivity index (χ2v) is 7.14. The fourth-order valence-electron chi connectivity index (χ4n) is 3.24. The van der Waals surface area contributed by atoms with Gasteiger partial charge in [0.2, 0.25) is 0 Å². The molecule has 0 saturated carbocycles. The molecule has 0 heterocycles. The maximum Gasteiger partial charge on any atom is 0.418 e. The highest BCUT2D eigenvalue weighted by atomic mass is 19.4. The molecule has 3 aromatic carbocycles. The molecule has 0 aliphatic carbocycles. The molecule has 0 unspecified atom stereocenters. The molecular formula is C24H22F3NO3. The molecule has 31 heavy (non-hydrogen) atoms. The molecule has 0 bridgehead atoms. The number of benzene rings is 3. The summed E-state index contributed by atoms with van der Waals surface area (Å²) in [6.45, 7) is 4.06. The van der Waals surface area contributed by atoms with Crippen LogP contribution in [0.4, 0.5) is 18.9 Å². The average molecular weight is 429 g/mol. The smallest absolute Gasteiger partial charge is 0.418 e. The molecule has 0 aliphatic heterocycles. The molecule has 0 atom stereocenters. The summed E-state index contributed by atoms with van der Waals surface area (Å²) in [4.78, 5) is 12.6. The van der Waals surface area contributed by atoms with Crippen molar-refractivity contribution in [3.05, 3.63) is 88.5 Å². The van der Waals surface area contributed by atoms with E-state index in [1.54, 1.807) is 12.1 Å². The maximum atomic E-state index is 13.2. The van der Waals surface area contributed by atoms with Crippen LogP contribution in [0.1, 0.15) is 32.6 Å². The molecule has 0 fully saturated rings. The van der Waals surface area contributed by atoms with Crippen molar-refractivity contribution in [1.29, 1.82) is 0 Å². The van der Waals surface area contributed by atoms with E-state index in [2.05, 4.69) is 5.32 Å². The Hall–Kier alpha value is -3.48. The van der Waals surface area contributed by atoms with Crippen molar-refractivity contribution in [3.63, 3.8) is 0 Å². The van der Waals surface area contributed by atoms with E-state index < -0.39 is 17.6 Å². The first kappa shape index (κ1) is 22.2. The minimum atomic E-state index is -4.57. The normalized spacial score (nSPS) is 11.2. The molecule has 7 heteroatoms. The fourth-order valence-corrected chi connectivity index (χ4v) is 3.24. The third-order valence-corrected chi connectivity index (χ3v) is 4.61. The molecule has 0 saturated heterocycles. The highest BCUT2D eigenvalue weighted by Crippen LogP contribution is 2.35. The third-order valence-electron chi connectivity index (χ3n) is 4.61. The average Bonchev–Trinajstić information content (AvgIpc) is 2.71. The first-order valence-electron chi connectivity index (χ1n) is 9.53. The zero-order valence-electron chi connectivity index (χ0n) is 17.3. The van der Waals surface area contributed by atoms with Crippen molar-refractivity contribution >= 4 is 11.6 Å². The maximum absolute atomic E-state index is 13.2. The topological polar surface area (TPSA) is 47.6 Å². The largest absolute Gasteiger partial charge is 0.496 e. The Morgan fingerprint density at radius 2 is 1.65 bits per heavy atom. The summed E-state index contributed by atoms with van der Waals surface area (Å²) in [5.41, 5.74) is 1.69. The summed E-state index contributed by atoms with van der Waals surface area (Å²) >= 11 is 0. The van der Waals surface area contributed by atoms with Gasteiger partial charge in [-0.2, -0.15) is 13.2 Å². The van der Waals surface area contributed by atoms with E-state index in [-0.39, 0.29) is 17.9 Å². The van der Waals surface area contributed by atoms with Gasteiger partial charge in [-0.25, -0.2) is 0 Å². The van der Waals surface area contributed by atoms with Crippen molar-refractivity contribution in [1.82, 2.24) is 0 Å². The number of anilines is 1. The van der Waals surface area contributed by atoms with Gasteiger partial charge in [0.15, 0.2) is 0 Å². The molecule has 0 aromatic heterocycles. The van der Waals surface area contributed by atoms with Crippen molar-refractivity contribution < 1.29 is 27.4 Å². The van der Waals surface area contributed by atoms with Crippen LogP contribution in [-0.2, 0) is 12.8 Å². The number of hydrogen-bond donors (Lipinski definition) is 1. The molecule has 3 rings (SSSR count). The van der Waals surface area contributed by atoms with E-state index in [9.17, 15) is 18.0 Å². The van der Waals surface area contributed by atoms with Gasteiger partial charge in [0.05, 0.1) is 18.4 Å². The number of alkyl halides is 3. The number of hydrogen-bond acceptors (Lipinski definition) is 3. The first-order chi connectivity index (χ1) is 14.7. The number of para-hydroxylation sites is 1. The van der Waals surface area contributed by atoms with Crippen LogP contribution in [0, 0.1) is 13.8 Å². The minimum Gasteiger partial charge on any atom is -0.496 e. The second kappa shape index (κ2) is 9.12. The number of ether oxygens (including phenoxy) is 2. The summed E-state index contributed by atoms with van der Waals surface area (Å²) in [5.74, 6) is 0.525. The predicted molar refractivity (Wildman–Crippen MR) is 113 cm³/mol. The van der Waals surface area contributed by atoms with Gasteiger partial charge in [-0.15, -0.1) is 0 Å². The Morgan fingerprint density at radius 3 is 2.29 bits per heavy atom. The van der Waals surface area contributed by atoms with Crippen LogP contribution in [0.5, 0.6) is 11.5 Å². The van der Waals surface area contributed by atoms with Crippen LogP contribution in [0.25, 0.3) is 0 Å². The lowest BCUT2D eigenvalue weighted by molar-refractivity contribution is -0.136. The van der Waals surface area contributed by atoms with Crippen molar-refractivity contribution in [2.45, 2.75) is 26.6 Å². The lowest BCUT2D eigenvalue weighted by Gasteiger charge is -2.15. The number of aryl methyl sites for hydroxylation is 2. The first-order valence-corrected chi connectivity index (χ1v) is 9.53. The monoisotopic (exact) mass is 429 g/mol. The summed E-state index contributed by atoms with van der Waals surface area (Å²) in [5, 5.41) is 2.35. The van der Waals surface area contributed by atoms with Gasteiger partial charge >= 0.3 is 6.18 Å². The molecule has 3 aromatic rings. The Labute approximate surface area is 178 Å². The van der Waals surface area contributed by atoms with E-state index in [4.69, 9.17) is 9.47 Å². The minimum absolute atomic E-state index is 0.131. The highest BCUT2D eigenvalue weighted by molar-refractivity contribution is 6.05. The lowest BCUT2D eigenvalue weighted by Crippen LogP contribution is -2.17. The van der Waals surface area contributed by atoms with Gasteiger partial charge in [-0.3, -0.25) is 4.79 Å². The zero-order valence-corrected chi connectivity index (χ0v) is 17.3. The Bertz CT molecular complexity index is 1070. The number of methoxy groups -OCH3 is 1. The van der Waals surface area contributed by atoms with E-state index in [0.717, 1.165) is 17.2 Å². The number of carbonyl (C=O) groups is 1. The molecule has 4 nitrogen and oxygen atoms in total. The lowest BCUT2D eigenvalue weighted by atomic mass is 10.1. The van der Waals surface area contributed by atoms with Gasteiger partial charge in [0.25, 0.3) is 5.91 Å². The zero-order chi connectivity index (χ0) is 22.6.